The predicted octanol–water partition coefficient (Wildman–Crippen LogP) is 2.66. The molecule has 140 valence electrons. The molecule has 0 spiro atoms. The Balaban J connectivity index is 1.74. The van der Waals surface area contributed by atoms with Crippen LogP contribution in [0.1, 0.15) is 13.3 Å². The molecule has 0 bridgehead atoms. The van der Waals surface area contributed by atoms with Crippen molar-refractivity contribution >= 4 is 23.2 Å². The van der Waals surface area contributed by atoms with Crippen LogP contribution >= 0.6 is 11.6 Å². The fourth-order valence-electron chi connectivity index (χ4n) is 2.60. The normalized spacial score (nSPS) is 11.7. The van der Waals surface area contributed by atoms with Gasteiger partial charge in [0.15, 0.2) is 6.54 Å². The van der Waals surface area contributed by atoms with Crippen LogP contribution in [-0.4, -0.2) is 39.3 Å². The van der Waals surface area contributed by atoms with Gasteiger partial charge in [-0.25, -0.2) is 0 Å². The molecule has 0 aliphatic rings. The summed E-state index contributed by atoms with van der Waals surface area (Å²) in [5.41, 5.74) is 0.696. The zero-order valence-corrected chi connectivity index (χ0v) is 16.0. The molecule has 0 aliphatic heterocycles. The number of likely N-dealkylation sites (N-methyl/N-ethyl adjacent to an activating group) is 1. The molecule has 1 amide bonds. The van der Waals surface area contributed by atoms with Crippen LogP contribution in [0.3, 0.4) is 0 Å². The molecule has 1 atom stereocenters. The number of ether oxygens (including phenoxy) is 2. The van der Waals surface area contributed by atoms with E-state index in [0.29, 0.717) is 29.6 Å². The molecule has 0 heterocycles. The first kappa shape index (κ1) is 20.1. The Labute approximate surface area is 159 Å². The molecule has 2 aromatic carbocycles. The lowest BCUT2D eigenvalue weighted by atomic mass is 10.3. The summed E-state index contributed by atoms with van der Waals surface area (Å²) in [6.07, 6.45) is 0.869. The molecule has 0 saturated heterocycles. The van der Waals surface area contributed by atoms with Crippen molar-refractivity contribution < 1.29 is 19.2 Å². The van der Waals surface area contributed by atoms with E-state index >= 15 is 0 Å². The van der Waals surface area contributed by atoms with E-state index < -0.39 is 0 Å². The van der Waals surface area contributed by atoms with Crippen LogP contribution in [0.15, 0.2) is 48.5 Å². The quantitative estimate of drug-likeness (QED) is 0.626. The number of hydrogen-bond donors (Lipinski definition) is 2. The van der Waals surface area contributed by atoms with Crippen LogP contribution < -0.4 is 19.7 Å². The van der Waals surface area contributed by atoms with Crippen molar-refractivity contribution in [3.63, 3.8) is 0 Å². The molecule has 2 rings (SSSR count). The largest absolute Gasteiger partial charge is 0.495 e. The number of para-hydroxylation sites is 2. The number of quaternary nitrogens is 1. The number of benzene rings is 2. The second kappa shape index (κ2) is 10.7. The minimum Gasteiger partial charge on any atom is -0.495 e. The summed E-state index contributed by atoms with van der Waals surface area (Å²) in [5.74, 6) is 1.45. The molecule has 0 saturated carbocycles. The van der Waals surface area contributed by atoms with Crippen molar-refractivity contribution in [3.8, 4) is 11.5 Å². The van der Waals surface area contributed by atoms with Crippen LogP contribution in [0.4, 0.5) is 5.69 Å². The summed E-state index contributed by atoms with van der Waals surface area (Å²) in [6, 6.07) is 14.7. The van der Waals surface area contributed by atoms with E-state index in [2.05, 4.69) is 12.2 Å². The Kier molecular flexibility index (Phi) is 8.25. The number of halogens is 1. The summed E-state index contributed by atoms with van der Waals surface area (Å²) < 4.78 is 11.0. The van der Waals surface area contributed by atoms with Crippen LogP contribution in [0, 0.1) is 0 Å². The van der Waals surface area contributed by atoms with Crippen molar-refractivity contribution in [1.29, 1.82) is 0 Å². The van der Waals surface area contributed by atoms with E-state index in [1.54, 1.807) is 7.11 Å². The third-order valence-corrected chi connectivity index (χ3v) is 4.30. The van der Waals surface area contributed by atoms with Gasteiger partial charge in [0.2, 0.25) is 0 Å². The van der Waals surface area contributed by atoms with E-state index in [-0.39, 0.29) is 5.91 Å². The zero-order chi connectivity index (χ0) is 18.8. The number of carbonyl (C=O) groups is 1. The minimum absolute atomic E-state index is 0.0232. The molecule has 0 radical (unpaired) electrons. The predicted molar refractivity (Wildman–Crippen MR) is 104 cm³/mol. The molecule has 6 heteroatoms. The smallest absolute Gasteiger partial charge is 0.279 e. The van der Waals surface area contributed by atoms with Crippen LogP contribution in [0.25, 0.3) is 0 Å². The lowest BCUT2D eigenvalue weighted by Gasteiger charge is -2.18. The zero-order valence-electron chi connectivity index (χ0n) is 15.3. The van der Waals surface area contributed by atoms with Crippen molar-refractivity contribution in [2.24, 2.45) is 0 Å². The molecular formula is C20H26ClN2O3+. The lowest BCUT2D eigenvalue weighted by Crippen LogP contribution is -3.12. The average molecular weight is 378 g/mol. The minimum atomic E-state index is -0.0232. The van der Waals surface area contributed by atoms with E-state index in [4.69, 9.17) is 21.1 Å². The summed E-state index contributed by atoms with van der Waals surface area (Å²) >= 11 is 5.85. The van der Waals surface area contributed by atoms with Crippen LogP contribution in [0.2, 0.25) is 5.02 Å². The molecule has 1 unspecified atom stereocenters. The standard InChI is InChI=1S/C20H25ClN2O3/c1-3-23(13-6-14-26-17-11-9-16(21)10-12-17)15-20(24)22-18-7-4-5-8-19(18)25-2/h4-5,7-12H,3,6,13-15H2,1-2H3,(H,22,24)/p+1. The number of carbonyl (C=O) groups excluding carboxylic acids is 1. The molecule has 5 nitrogen and oxygen atoms in total. The molecule has 26 heavy (non-hydrogen) atoms. The van der Waals surface area contributed by atoms with E-state index in [1.165, 1.54) is 4.90 Å². The maximum absolute atomic E-state index is 12.3. The molecule has 0 aromatic heterocycles. The van der Waals surface area contributed by atoms with Gasteiger partial charge in [0.1, 0.15) is 11.5 Å². The number of rotatable bonds is 10. The Hall–Kier alpha value is -2.24. The van der Waals surface area contributed by atoms with Crippen molar-refractivity contribution in [2.75, 3.05) is 38.7 Å². The van der Waals surface area contributed by atoms with Crippen LogP contribution in [0.5, 0.6) is 11.5 Å². The summed E-state index contributed by atoms with van der Waals surface area (Å²) in [5, 5.41) is 3.61. The average Bonchev–Trinajstić information content (AvgIpc) is 2.66. The number of nitrogens with one attached hydrogen (secondary N) is 2. The van der Waals surface area contributed by atoms with Crippen molar-refractivity contribution in [3.05, 3.63) is 53.6 Å². The first-order chi connectivity index (χ1) is 12.6. The van der Waals surface area contributed by atoms with E-state index in [0.717, 1.165) is 25.3 Å². The first-order valence-corrected chi connectivity index (χ1v) is 9.15. The van der Waals surface area contributed by atoms with Crippen molar-refractivity contribution in [1.82, 2.24) is 0 Å². The SMILES string of the molecule is CC[NH+](CCCOc1ccc(Cl)cc1)CC(=O)Nc1ccccc1OC. The van der Waals surface area contributed by atoms with E-state index in [1.807, 2.05) is 48.5 Å². The van der Waals surface area contributed by atoms with Gasteiger partial charge >= 0.3 is 0 Å². The Morgan fingerprint density at radius 3 is 2.58 bits per heavy atom. The van der Waals surface area contributed by atoms with Gasteiger partial charge in [-0.3, -0.25) is 4.79 Å². The second-order valence-corrected chi connectivity index (χ2v) is 6.37. The van der Waals surface area contributed by atoms with Gasteiger partial charge in [-0.1, -0.05) is 23.7 Å². The number of hydrogen-bond acceptors (Lipinski definition) is 3. The highest BCUT2D eigenvalue weighted by atomic mass is 35.5. The third kappa shape index (κ3) is 6.58. The molecule has 2 N–H and O–H groups in total. The topological polar surface area (TPSA) is 52.0 Å². The van der Waals surface area contributed by atoms with Gasteiger partial charge in [0, 0.05) is 11.4 Å². The van der Waals surface area contributed by atoms with E-state index in [9.17, 15) is 4.79 Å². The Bertz CT molecular complexity index is 692. The molecular weight excluding hydrogens is 352 g/mol. The van der Waals surface area contributed by atoms with Gasteiger partial charge in [-0.2, -0.15) is 0 Å². The van der Waals surface area contributed by atoms with Crippen molar-refractivity contribution in [2.45, 2.75) is 13.3 Å². The maximum Gasteiger partial charge on any atom is 0.279 e. The highest BCUT2D eigenvalue weighted by Crippen LogP contribution is 2.22. The highest BCUT2D eigenvalue weighted by molar-refractivity contribution is 6.30. The first-order valence-electron chi connectivity index (χ1n) is 8.77. The summed E-state index contributed by atoms with van der Waals surface area (Å²) in [4.78, 5) is 13.5. The fraction of sp³-hybridized carbons (Fsp3) is 0.350. The van der Waals surface area contributed by atoms with Crippen LogP contribution in [-0.2, 0) is 4.79 Å². The van der Waals surface area contributed by atoms with Gasteiger partial charge in [0.05, 0.1) is 32.5 Å². The fourth-order valence-corrected chi connectivity index (χ4v) is 2.73. The number of anilines is 1. The van der Waals surface area contributed by atoms with Gasteiger partial charge in [0.25, 0.3) is 5.91 Å². The summed E-state index contributed by atoms with van der Waals surface area (Å²) in [6.45, 7) is 4.84. The monoisotopic (exact) mass is 377 g/mol. The molecule has 0 aliphatic carbocycles. The van der Waals surface area contributed by atoms with Gasteiger partial charge < -0.3 is 19.7 Å². The highest BCUT2D eigenvalue weighted by Gasteiger charge is 2.14. The third-order valence-electron chi connectivity index (χ3n) is 4.05. The lowest BCUT2D eigenvalue weighted by molar-refractivity contribution is -0.890. The van der Waals surface area contributed by atoms with Gasteiger partial charge in [-0.05, 0) is 43.3 Å². The summed E-state index contributed by atoms with van der Waals surface area (Å²) in [7, 11) is 1.59. The Morgan fingerprint density at radius 1 is 1.15 bits per heavy atom. The molecule has 2 aromatic rings. The number of methoxy groups -OCH3 is 1. The molecule has 0 fully saturated rings. The van der Waals surface area contributed by atoms with Gasteiger partial charge in [-0.15, -0.1) is 0 Å². The maximum atomic E-state index is 12.3. The number of amides is 1. The Morgan fingerprint density at radius 2 is 1.88 bits per heavy atom. The second-order valence-electron chi connectivity index (χ2n) is 5.93.